The highest BCUT2D eigenvalue weighted by Crippen LogP contribution is 2.35. The number of aromatic nitrogens is 2. The smallest absolute Gasteiger partial charge is 0.305 e. The highest BCUT2D eigenvalue weighted by molar-refractivity contribution is 7.99. The van der Waals surface area contributed by atoms with Gasteiger partial charge in [-0.25, -0.2) is 4.98 Å². The number of hydrogen-bond donors (Lipinski definition) is 1. The molecule has 0 amide bonds. The van der Waals surface area contributed by atoms with Gasteiger partial charge in [-0.05, 0) is 62.8 Å². The zero-order valence-corrected chi connectivity index (χ0v) is 24.7. The quantitative estimate of drug-likeness (QED) is 0.143. The van der Waals surface area contributed by atoms with Crippen LogP contribution in [0, 0.1) is 20.8 Å². The maximum atomic E-state index is 12.0. The lowest BCUT2D eigenvalue weighted by Crippen LogP contribution is -2.13. The minimum absolute atomic E-state index is 0.172. The summed E-state index contributed by atoms with van der Waals surface area (Å²) in [4.78, 5) is 28.5. The Balaban J connectivity index is 1.67. The molecule has 7 nitrogen and oxygen atoms in total. The lowest BCUT2D eigenvalue weighted by atomic mass is 10.1. The molecule has 0 saturated heterocycles. The molecule has 0 radical (unpaired) electrons. The first kappa shape index (κ1) is 31.9. The second kappa shape index (κ2) is 17.3. The molecule has 0 fully saturated rings. The van der Waals surface area contributed by atoms with Crippen molar-refractivity contribution in [2.45, 2.75) is 121 Å². The minimum Gasteiger partial charge on any atom is -0.481 e. The Hall–Kier alpha value is -2.32. The predicted molar refractivity (Wildman–Crippen MR) is 152 cm³/mol. The third-order valence-electron chi connectivity index (χ3n) is 6.33. The van der Waals surface area contributed by atoms with Gasteiger partial charge in [-0.2, -0.15) is 0 Å². The van der Waals surface area contributed by atoms with Crippen LogP contribution < -0.4 is 0 Å². The van der Waals surface area contributed by atoms with E-state index in [1.54, 1.807) is 11.8 Å². The van der Waals surface area contributed by atoms with Crippen molar-refractivity contribution in [1.82, 2.24) is 9.55 Å². The Morgan fingerprint density at radius 1 is 0.895 bits per heavy atom. The van der Waals surface area contributed by atoms with Crippen LogP contribution in [-0.4, -0.2) is 39.8 Å². The predicted octanol–water partition coefficient (Wildman–Crippen LogP) is 7.59. The van der Waals surface area contributed by atoms with Crippen LogP contribution in [-0.2, 0) is 25.8 Å². The van der Waals surface area contributed by atoms with E-state index in [0.29, 0.717) is 25.7 Å². The molecular weight excluding hydrogens is 500 g/mol. The molecule has 0 saturated carbocycles. The number of unbranched alkanes of at least 4 members (excludes halogenated alkanes) is 7. The van der Waals surface area contributed by atoms with E-state index in [0.717, 1.165) is 67.9 Å². The summed E-state index contributed by atoms with van der Waals surface area (Å²) in [5, 5.41) is 9.73. The molecular formula is C30H46N2O5S. The highest BCUT2D eigenvalue weighted by atomic mass is 32.2. The summed E-state index contributed by atoms with van der Waals surface area (Å²) < 4.78 is 13.3. The Morgan fingerprint density at radius 3 is 2.05 bits per heavy atom. The van der Waals surface area contributed by atoms with Crippen molar-refractivity contribution in [1.29, 1.82) is 0 Å². The van der Waals surface area contributed by atoms with Crippen LogP contribution in [0.4, 0.5) is 0 Å². The van der Waals surface area contributed by atoms with Gasteiger partial charge in [-0.15, -0.1) is 0 Å². The fraction of sp³-hybridized carbons (Fsp3) is 0.633. The first-order valence-corrected chi connectivity index (χ1v) is 14.8. The molecule has 38 heavy (non-hydrogen) atoms. The number of rotatable bonds is 19. The fourth-order valence-electron chi connectivity index (χ4n) is 4.36. The van der Waals surface area contributed by atoms with Crippen LogP contribution >= 0.6 is 11.8 Å². The van der Waals surface area contributed by atoms with Crippen LogP contribution in [0.2, 0.25) is 0 Å². The number of hydrogen-bond acceptors (Lipinski definition) is 6. The lowest BCUT2D eigenvalue weighted by molar-refractivity contribution is -0.145. The third kappa shape index (κ3) is 12.0. The number of carboxylic acid groups (broad SMARTS) is 1. The molecule has 2 aromatic rings. The van der Waals surface area contributed by atoms with Crippen molar-refractivity contribution in [3.63, 3.8) is 0 Å². The minimum atomic E-state index is -0.714. The summed E-state index contributed by atoms with van der Waals surface area (Å²) in [5.41, 5.74) is 3.55. The van der Waals surface area contributed by atoms with Gasteiger partial charge in [-0.1, -0.05) is 70.2 Å². The van der Waals surface area contributed by atoms with Gasteiger partial charge in [-0.3, -0.25) is 14.2 Å². The second-order valence-electron chi connectivity index (χ2n) is 10.3. The van der Waals surface area contributed by atoms with E-state index < -0.39 is 5.97 Å². The SMILES string of the molecule is Cc1cc(C)cc(Sc2c(C(C)C)nc(C)n2COCCOC(=O)CCCCCCCCCCC(=O)O)c1. The molecule has 0 bridgehead atoms. The summed E-state index contributed by atoms with van der Waals surface area (Å²) in [5.74, 6) is 0.328. The average Bonchev–Trinajstić information content (AvgIpc) is 3.14. The number of benzene rings is 1. The standard InChI is InChI=1S/C30H46N2O5S/c1-22(2)29-30(38-26-19-23(3)18-24(4)20-26)32(25(5)31-29)21-36-16-17-37-28(35)15-13-11-9-7-6-8-10-12-14-27(33)34/h18-20,22H,6-17,21H2,1-5H3,(H,33,34). The van der Waals surface area contributed by atoms with Gasteiger partial charge < -0.3 is 14.6 Å². The van der Waals surface area contributed by atoms with Gasteiger partial charge in [0.05, 0.1) is 12.3 Å². The number of imidazole rings is 1. The van der Waals surface area contributed by atoms with Gasteiger partial charge in [0.15, 0.2) is 0 Å². The molecule has 0 spiro atoms. The monoisotopic (exact) mass is 546 g/mol. The van der Waals surface area contributed by atoms with E-state index in [2.05, 4.69) is 50.5 Å². The van der Waals surface area contributed by atoms with Gasteiger partial charge in [0, 0.05) is 17.7 Å². The van der Waals surface area contributed by atoms with Gasteiger partial charge in [0.25, 0.3) is 0 Å². The number of esters is 1. The number of aliphatic carboxylic acids is 1. The van der Waals surface area contributed by atoms with Crippen molar-refractivity contribution < 1.29 is 24.2 Å². The average molecular weight is 547 g/mol. The molecule has 0 aliphatic heterocycles. The van der Waals surface area contributed by atoms with Gasteiger partial charge in [0.2, 0.25) is 0 Å². The summed E-state index contributed by atoms with van der Waals surface area (Å²) in [6, 6.07) is 6.57. The van der Waals surface area contributed by atoms with Crippen LogP contribution in [0.25, 0.3) is 0 Å². The van der Waals surface area contributed by atoms with Crippen LogP contribution in [0.1, 0.15) is 107 Å². The summed E-state index contributed by atoms with van der Waals surface area (Å²) >= 11 is 1.72. The first-order valence-electron chi connectivity index (χ1n) is 14.0. The number of nitrogens with zero attached hydrogens (tertiary/aromatic N) is 2. The number of ether oxygens (including phenoxy) is 2. The summed E-state index contributed by atoms with van der Waals surface area (Å²) in [6.07, 6.45) is 8.73. The van der Waals surface area contributed by atoms with E-state index >= 15 is 0 Å². The molecule has 0 aliphatic carbocycles. The second-order valence-corrected chi connectivity index (χ2v) is 11.4. The lowest BCUT2D eigenvalue weighted by Gasteiger charge is -2.14. The van der Waals surface area contributed by atoms with Crippen molar-refractivity contribution in [3.05, 3.63) is 40.8 Å². The molecule has 0 unspecified atom stereocenters. The van der Waals surface area contributed by atoms with Crippen molar-refractivity contribution in [2.75, 3.05) is 13.2 Å². The number of carbonyl (C=O) groups is 2. The van der Waals surface area contributed by atoms with Crippen LogP contribution in [0.15, 0.2) is 28.1 Å². The van der Waals surface area contributed by atoms with E-state index in [1.165, 1.54) is 16.0 Å². The van der Waals surface area contributed by atoms with E-state index in [-0.39, 0.29) is 19.0 Å². The van der Waals surface area contributed by atoms with Crippen molar-refractivity contribution in [3.8, 4) is 0 Å². The fourth-order valence-corrected chi connectivity index (χ4v) is 5.75. The normalized spacial score (nSPS) is 11.3. The van der Waals surface area contributed by atoms with E-state index in [4.69, 9.17) is 19.6 Å². The van der Waals surface area contributed by atoms with Gasteiger partial charge >= 0.3 is 11.9 Å². The van der Waals surface area contributed by atoms with Crippen LogP contribution in [0.3, 0.4) is 0 Å². The molecule has 0 aliphatic rings. The highest BCUT2D eigenvalue weighted by Gasteiger charge is 2.19. The zero-order valence-electron chi connectivity index (χ0n) is 23.9. The third-order valence-corrected chi connectivity index (χ3v) is 7.42. The van der Waals surface area contributed by atoms with Crippen molar-refractivity contribution in [2.24, 2.45) is 0 Å². The number of carboxylic acids is 1. The Bertz CT molecular complexity index is 998. The molecule has 1 aromatic heterocycles. The first-order chi connectivity index (χ1) is 18.2. The number of carbonyl (C=O) groups excluding carboxylic acids is 1. The Morgan fingerprint density at radius 2 is 1.47 bits per heavy atom. The molecule has 212 valence electrons. The van der Waals surface area contributed by atoms with E-state index in [9.17, 15) is 9.59 Å². The van der Waals surface area contributed by atoms with Crippen molar-refractivity contribution >= 4 is 23.7 Å². The van der Waals surface area contributed by atoms with Gasteiger partial charge in [0.1, 0.15) is 24.2 Å². The topological polar surface area (TPSA) is 90.7 Å². The molecule has 1 heterocycles. The summed E-state index contributed by atoms with van der Waals surface area (Å²) in [6.45, 7) is 11.5. The maximum Gasteiger partial charge on any atom is 0.305 e. The van der Waals surface area contributed by atoms with E-state index in [1.807, 2.05) is 6.92 Å². The maximum absolute atomic E-state index is 12.0. The van der Waals surface area contributed by atoms with Crippen LogP contribution in [0.5, 0.6) is 0 Å². The molecule has 8 heteroatoms. The molecule has 0 atom stereocenters. The molecule has 1 aromatic carbocycles. The molecule has 2 rings (SSSR count). The summed E-state index contributed by atoms with van der Waals surface area (Å²) in [7, 11) is 0. The largest absolute Gasteiger partial charge is 0.481 e. The Labute approximate surface area is 232 Å². The number of aryl methyl sites for hydroxylation is 3. The Kier molecular flexibility index (Phi) is 14.5. The zero-order chi connectivity index (χ0) is 27.9. The molecule has 1 N–H and O–H groups in total.